The first-order valence-electron chi connectivity index (χ1n) is 5.44. The Balaban J connectivity index is 2.73. The van der Waals surface area contributed by atoms with Gasteiger partial charge in [-0.15, -0.1) is 0 Å². The molecular weight excluding hydrogens is 178 g/mol. The Hall–Kier alpha value is -0.610. The molecular formula is C10H21N3O. The lowest BCUT2D eigenvalue weighted by atomic mass is 10.1. The van der Waals surface area contributed by atoms with E-state index in [0.717, 1.165) is 25.9 Å². The fraction of sp³-hybridized carbons (Fsp3) is 0.900. The largest absolute Gasteiger partial charge is 0.355 e. The second-order valence-corrected chi connectivity index (χ2v) is 3.92. The van der Waals surface area contributed by atoms with E-state index in [0.29, 0.717) is 12.6 Å². The van der Waals surface area contributed by atoms with Crippen molar-refractivity contribution in [2.45, 2.75) is 38.8 Å². The highest BCUT2D eigenvalue weighted by Gasteiger charge is 2.29. The molecule has 0 aromatic heterocycles. The molecule has 82 valence electrons. The number of nitrogens with one attached hydrogen (secondary N) is 1. The summed E-state index contributed by atoms with van der Waals surface area (Å²) in [5.74, 6) is 0.0882. The zero-order valence-corrected chi connectivity index (χ0v) is 9.12. The van der Waals surface area contributed by atoms with Crippen molar-refractivity contribution in [3.8, 4) is 0 Å². The monoisotopic (exact) mass is 199 g/mol. The van der Waals surface area contributed by atoms with E-state index in [4.69, 9.17) is 5.73 Å². The molecule has 2 atom stereocenters. The Morgan fingerprint density at radius 3 is 2.93 bits per heavy atom. The van der Waals surface area contributed by atoms with Crippen molar-refractivity contribution in [3.05, 3.63) is 0 Å². The van der Waals surface area contributed by atoms with Gasteiger partial charge in [-0.2, -0.15) is 0 Å². The highest BCUT2D eigenvalue weighted by molar-refractivity contribution is 5.82. The van der Waals surface area contributed by atoms with Crippen molar-refractivity contribution in [2.24, 2.45) is 5.73 Å². The van der Waals surface area contributed by atoms with Gasteiger partial charge in [0.25, 0.3) is 0 Å². The van der Waals surface area contributed by atoms with Crippen molar-refractivity contribution in [3.63, 3.8) is 0 Å². The quantitative estimate of drug-likeness (QED) is 0.669. The molecule has 1 fully saturated rings. The van der Waals surface area contributed by atoms with Gasteiger partial charge in [0.15, 0.2) is 0 Å². The molecule has 4 heteroatoms. The van der Waals surface area contributed by atoms with Crippen molar-refractivity contribution >= 4 is 5.91 Å². The predicted octanol–water partition coefficient (Wildman–Crippen LogP) is -0.0659. The Bertz CT molecular complexity index is 196. The highest BCUT2D eigenvalue weighted by Crippen LogP contribution is 2.12. The van der Waals surface area contributed by atoms with Gasteiger partial charge < -0.3 is 11.1 Å². The fourth-order valence-electron chi connectivity index (χ4n) is 2.02. The van der Waals surface area contributed by atoms with Gasteiger partial charge in [-0.05, 0) is 26.3 Å². The number of hydrogen-bond donors (Lipinski definition) is 2. The lowest BCUT2D eigenvalue weighted by Crippen LogP contribution is -2.51. The Kier molecular flexibility index (Phi) is 4.35. The molecule has 4 nitrogen and oxygen atoms in total. The van der Waals surface area contributed by atoms with Crippen LogP contribution in [0.3, 0.4) is 0 Å². The van der Waals surface area contributed by atoms with Crippen LogP contribution >= 0.6 is 0 Å². The summed E-state index contributed by atoms with van der Waals surface area (Å²) in [6.07, 6.45) is 2.08. The molecule has 1 heterocycles. The van der Waals surface area contributed by atoms with Crippen LogP contribution < -0.4 is 11.1 Å². The first-order valence-corrected chi connectivity index (χ1v) is 5.44. The summed E-state index contributed by atoms with van der Waals surface area (Å²) in [6, 6.07) is 0.315. The first kappa shape index (κ1) is 11.5. The summed E-state index contributed by atoms with van der Waals surface area (Å²) >= 11 is 0. The first-order chi connectivity index (χ1) is 6.70. The van der Waals surface area contributed by atoms with Crippen LogP contribution in [0.2, 0.25) is 0 Å². The minimum atomic E-state index is -0.132. The molecule has 0 bridgehead atoms. The van der Waals surface area contributed by atoms with Crippen LogP contribution in [0.1, 0.15) is 26.7 Å². The van der Waals surface area contributed by atoms with Gasteiger partial charge in [0, 0.05) is 19.1 Å². The average Bonchev–Trinajstić information content (AvgIpc) is 2.28. The molecule has 2 unspecified atom stereocenters. The van der Waals surface area contributed by atoms with Crippen LogP contribution in [0.15, 0.2) is 0 Å². The number of carbonyl (C=O) groups excluding carboxylic acids is 1. The summed E-state index contributed by atoms with van der Waals surface area (Å²) < 4.78 is 0. The molecule has 1 saturated heterocycles. The molecule has 14 heavy (non-hydrogen) atoms. The summed E-state index contributed by atoms with van der Waals surface area (Å²) in [4.78, 5) is 13.9. The molecule has 0 saturated carbocycles. The highest BCUT2D eigenvalue weighted by atomic mass is 16.2. The van der Waals surface area contributed by atoms with E-state index in [1.54, 1.807) is 0 Å². The Morgan fingerprint density at radius 1 is 1.64 bits per heavy atom. The standard InChI is InChI=1S/C10H21N3O/c1-3-6-13-8(2)4-5-12-10(14)9(13)7-11/h8-9H,3-7,11H2,1-2H3,(H,12,14). The van der Waals surface area contributed by atoms with Crippen LogP contribution in [0.4, 0.5) is 0 Å². The van der Waals surface area contributed by atoms with Crippen LogP contribution in [-0.2, 0) is 4.79 Å². The maximum atomic E-state index is 11.6. The number of rotatable bonds is 3. The van der Waals surface area contributed by atoms with E-state index >= 15 is 0 Å². The molecule has 1 amide bonds. The van der Waals surface area contributed by atoms with Crippen molar-refractivity contribution < 1.29 is 4.79 Å². The predicted molar refractivity (Wildman–Crippen MR) is 56.9 cm³/mol. The maximum Gasteiger partial charge on any atom is 0.238 e. The van der Waals surface area contributed by atoms with Gasteiger partial charge in [0.1, 0.15) is 6.04 Å². The van der Waals surface area contributed by atoms with Crippen LogP contribution in [0.25, 0.3) is 0 Å². The van der Waals surface area contributed by atoms with Crippen molar-refractivity contribution in [2.75, 3.05) is 19.6 Å². The number of amides is 1. The lowest BCUT2D eigenvalue weighted by molar-refractivity contribution is -0.125. The van der Waals surface area contributed by atoms with Gasteiger partial charge >= 0.3 is 0 Å². The minimum Gasteiger partial charge on any atom is -0.355 e. The second kappa shape index (κ2) is 5.32. The number of nitrogens with two attached hydrogens (primary N) is 1. The van der Waals surface area contributed by atoms with Crippen LogP contribution in [-0.4, -0.2) is 42.5 Å². The number of hydrogen-bond acceptors (Lipinski definition) is 3. The molecule has 0 aliphatic carbocycles. The summed E-state index contributed by atoms with van der Waals surface area (Å²) in [5.41, 5.74) is 5.64. The van der Waals surface area contributed by atoms with E-state index in [-0.39, 0.29) is 11.9 Å². The topological polar surface area (TPSA) is 58.4 Å². The summed E-state index contributed by atoms with van der Waals surface area (Å²) in [6.45, 7) is 6.44. The summed E-state index contributed by atoms with van der Waals surface area (Å²) in [7, 11) is 0. The van der Waals surface area contributed by atoms with E-state index in [1.165, 1.54) is 0 Å². The number of carbonyl (C=O) groups is 1. The number of nitrogens with zero attached hydrogens (tertiary/aromatic N) is 1. The third-order valence-corrected chi connectivity index (χ3v) is 2.84. The van der Waals surface area contributed by atoms with E-state index in [2.05, 4.69) is 24.1 Å². The van der Waals surface area contributed by atoms with Gasteiger partial charge in [-0.3, -0.25) is 9.69 Å². The third-order valence-electron chi connectivity index (χ3n) is 2.84. The smallest absolute Gasteiger partial charge is 0.238 e. The lowest BCUT2D eigenvalue weighted by Gasteiger charge is -2.31. The van der Waals surface area contributed by atoms with Gasteiger partial charge in [0.05, 0.1) is 0 Å². The molecule has 0 radical (unpaired) electrons. The van der Waals surface area contributed by atoms with Gasteiger partial charge in [-0.25, -0.2) is 0 Å². The maximum absolute atomic E-state index is 11.6. The van der Waals surface area contributed by atoms with Crippen molar-refractivity contribution in [1.82, 2.24) is 10.2 Å². The van der Waals surface area contributed by atoms with E-state index in [1.807, 2.05) is 0 Å². The molecule has 1 aliphatic rings. The third kappa shape index (κ3) is 2.45. The fourth-order valence-corrected chi connectivity index (χ4v) is 2.02. The van der Waals surface area contributed by atoms with Gasteiger partial charge in [-0.1, -0.05) is 6.92 Å². The van der Waals surface area contributed by atoms with Crippen LogP contribution in [0, 0.1) is 0 Å². The molecule has 0 aromatic carbocycles. The second-order valence-electron chi connectivity index (χ2n) is 3.92. The normalized spacial score (nSPS) is 29.8. The Morgan fingerprint density at radius 2 is 2.36 bits per heavy atom. The van der Waals surface area contributed by atoms with E-state index in [9.17, 15) is 4.79 Å². The minimum absolute atomic E-state index is 0.0882. The zero-order chi connectivity index (χ0) is 10.6. The molecule has 1 rings (SSSR count). The van der Waals surface area contributed by atoms with E-state index < -0.39 is 0 Å². The molecule has 0 spiro atoms. The SMILES string of the molecule is CCCN1C(C)CCNC(=O)C1CN. The molecule has 1 aliphatic heterocycles. The molecule has 0 aromatic rings. The average molecular weight is 199 g/mol. The van der Waals surface area contributed by atoms with Crippen molar-refractivity contribution in [1.29, 1.82) is 0 Å². The van der Waals surface area contributed by atoms with Crippen LogP contribution in [0.5, 0.6) is 0 Å². The summed E-state index contributed by atoms with van der Waals surface area (Å²) in [5, 5.41) is 2.90. The molecule has 3 N–H and O–H groups in total. The zero-order valence-electron chi connectivity index (χ0n) is 9.12. The van der Waals surface area contributed by atoms with Gasteiger partial charge in [0.2, 0.25) is 5.91 Å². The Labute approximate surface area is 85.8 Å².